The van der Waals surface area contributed by atoms with E-state index in [0.717, 1.165) is 11.6 Å². The van der Waals surface area contributed by atoms with Crippen molar-refractivity contribution < 1.29 is 23.8 Å². The van der Waals surface area contributed by atoms with Crippen LogP contribution < -0.4 is 4.74 Å². The van der Waals surface area contributed by atoms with Crippen molar-refractivity contribution in [2.75, 3.05) is 13.1 Å². The molecule has 5 nitrogen and oxygen atoms in total. The predicted molar refractivity (Wildman–Crippen MR) is 98.4 cm³/mol. The fraction of sp³-hybridized carbons (Fsp3) is 0.300. The number of hydrogen-bond donors (Lipinski definition) is 1. The number of amides is 1. The number of nitrogens with zero attached hydrogens (tertiary/aromatic N) is 1. The third kappa shape index (κ3) is 4.22. The van der Waals surface area contributed by atoms with Crippen molar-refractivity contribution in [2.24, 2.45) is 5.92 Å². The van der Waals surface area contributed by atoms with Gasteiger partial charge in [-0.25, -0.2) is 4.39 Å². The summed E-state index contributed by atoms with van der Waals surface area (Å²) >= 11 is 5.94. The highest BCUT2D eigenvalue weighted by atomic mass is 35.5. The molecule has 0 radical (unpaired) electrons. The Bertz CT molecular complexity index is 845. The Morgan fingerprint density at radius 3 is 2.56 bits per heavy atom. The fourth-order valence-corrected chi connectivity index (χ4v) is 3.55. The molecule has 0 aromatic heterocycles. The summed E-state index contributed by atoms with van der Waals surface area (Å²) in [5.41, 5.74) is 0.885. The molecule has 7 heteroatoms. The molecule has 3 atom stereocenters. The number of likely N-dealkylation sites (tertiary alicyclic amines) is 1. The lowest BCUT2D eigenvalue weighted by molar-refractivity contribution is -0.142. The molecule has 1 fully saturated rings. The van der Waals surface area contributed by atoms with Crippen LogP contribution in [0.25, 0.3) is 0 Å². The van der Waals surface area contributed by atoms with Gasteiger partial charge in [0.15, 0.2) is 6.10 Å². The first kappa shape index (κ1) is 19.2. The summed E-state index contributed by atoms with van der Waals surface area (Å²) in [5.74, 6) is -2.53. The Labute approximate surface area is 161 Å². The van der Waals surface area contributed by atoms with Crippen LogP contribution in [0.2, 0.25) is 5.02 Å². The fourth-order valence-electron chi connectivity index (χ4n) is 3.34. The molecular formula is C20H19ClFNO4. The number of rotatable bonds is 5. The number of halogens is 2. The minimum atomic E-state index is -0.936. The number of benzene rings is 2. The van der Waals surface area contributed by atoms with Crippen LogP contribution in [-0.4, -0.2) is 41.1 Å². The van der Waals surface area contributed by atoms with Crippen molar-refractivity contribution in [1.82, 2.24) is 4.90 Å². The third-order valence-electron chi connectivity index (χ3n) is 4.72. The predicted octanol–water partition coefficient (Wildman–Crippen LogP) is 3.57. The summed E-state index contributed by atoms with van der Waals surface area (Å²) in [4.78, 5) is 25.9. The second-order valence-corrected chi connectivity index (χ2v) is 6.95. The molecule has 0 spiro atoms. The van der Waals surface area contributed by atoms with Crippen LogP contribution in [0.15, 0.2) is 48.5 Å². The lowest BCUT2D eigenvalue weighted by Crippen LogP contribution is -2.39. The lowest BCUT2D eigenvalue weighted by Gasteiger charge is -2.22. The van der Waals surface area contributed by atoms with Crippen molar-refractivity contribution in [3.63, 3.8) is 0 Å². The summed E-state index contributed by atoms with van der Waals surface area (Å²) in [6, 6.07) is 13.0. The molecule has 142 valence electrons. The second-order valence-electron chi connectivity index (χ2n) is 6.54. The Hall–Kier alpha value is -2.60. The first-order valence-electron chi connectivity index (χ1n) is 8.55. The summed E-state index contributed by atoms with van der Waals surface area (Å²) in [7, 11) is 0. The van der Waals surface area contributed by atoms with E-state index >= 15 is 0 Å². The van der Waals surface area contributed by atoms with E-state index in [2.05, 4.69) is 0 Å². The largest absolute Gasteiger partial charge is 0.481 e. The van der Waals surface area contributed by atoms with Gasteiger partial charge in [0, 0.05) is 19.0 Å². The highest BCUT2D eigenvalue weighted by Crippen LogP contribution is 2.34. The van der Waals surface area contributed by atoms with Crippen LogP contribution >= 0.6 is 11.6 Å². The van der Waals surface area contributed by atoms with Crippen molar-refractivity contribution in [1.29, 1.82) is 0 Å². The average Bonchev–Trinajstić information content (AvgIpc) is 3.10. The van der Waals surface area contributed by atoms with Gasteiger partial charge in [-0.3, -0.25) is 9.59 Å². The van der Waals surface area contributed by atoms with Gasteiger partial charge < -0.3 is 14.7 Å². The van der Waals surface area contributed by atoms with E-state index < -0.39 is 23.8 Å². The number of ether oxygens (including phenoxy) is 1. The smallest absolute Gasteiger partial charge is 0.308 e. The highest BCUT2D eigenvalue weighted by molar-refractivity contribution is 6.32. The molecule has 0 aliphatic carbocycles. The molecule has 3 rings (SSSR count). The van der Waals surface area contributed by atoms with E-state index in [1.165, 1.54) is 17.0 Å². The molecule has 1 aliphatic heterocycles. The Balaban J connectivity index is 1.73. The van der Waals surface area contributed by atoms with E-state index in [0.29, 0.717) is 6.54 Å². The van der Waals surface area contributed by atoms with Crippen molar-refractivity contribution >= 4 is 23.5 Å². The first-order chi connectivity index (χ1) is 12.9. The van der Waals surface area contributed by atoms with Gasteiger partial charge in [-0.15, -0.1) is 0 Å². The van der Waals surface area contributed by atoms with E-state index in [9.17, 15) is 19.1 Å². The number of hydrogen-bond acceptors (Lipinski definition) is 3. The summed E-state index contributed by atoms with van der Waals surface area (Å²) in [6.07, 6.45) is -0.878. The van der Waals surface area contributed by atoms with Gasteiger partial charge in [-0.2, -0.15) is 0 Å². The van der Waals surface area contributed by atoms with Crippen molar-refractivity contribution in [3.8, 4) is 5.75 Å². The molecule has 1 aliphatic rings. The molecule has 1 amide bonds. The first-order valence-corrected chi connectivity index (χ1v) is 8.93. The van der Waals surface area contributed by atoms with Crippen LogP contribution in [0.5, 0.6) is 5.75 Å². The van der Waals surface area contributed by atoms with Crippen LogP contribution in [0.3, 0.4) is 0 Å². The summed E-state index contributed by atoms with van der Waals surface area (Å²) in [5, 5.41) is 9.63. The maximum atomic E-state index is 13.1. The van der Waals surface area contributed by atoms with Crippen molar-refractivity contribution in [2.45, 2.75) is 18.9 Å². The zero-order chi connectivity index (χ0) is 19.6. The van der Waals surface area contributed by atoms with Gasteiger partial charge in [0.05, 0.1) is 10.9 Å². The van der Waals surface area contributed by atoms with Gasteiger partial charge in [-0.05, 0) is 30.7 Å². The Kier molecular flexibility index (Phi) is 5.65. The second kappa shape index (κ2) is 7.96. The van der Waals surface area contributed by atoms with Crippen LogP contribution in [0.1, 0.15) is 18.4 Å². The quantitative estimate of drug-likeness (QED) is 0.846. The highest BCUT2D eigenvalue weighted by Gasteiger charge is 2.41. The van der Waals surface area contributed by atoms with E-state index in [-0.39, 0.29) is 29.1 Å². The number of aliphatic carboxylic acids is 1. The van der Waals surface area contributed by atoms with Gasteiger partial charge >= 0.3 is 5.97 Å². The molecule has 27 heavy (non-hydrogen) atoms. The molecule has 1 N–H and O–H groups in total. The number of carboxylic acid groups (broad SMARTS) is 1. The summed E-state index contributed by atoms with van der Waals surface area (Å²) < 4.78 is 18.7. The van der Waals surface area contributed by atoms with Gasteiger partial charge in [-0.1, -0.05) is 41.9 Å². The lowest BCUT2D eigenvalue weighted by atomic mass is 9.89. The SMILES string of the molecule is CC(Oc1ccc(F)cc1Cl)C(=O)N1C[C@H](C(=O)O)[C@H](c2ccccc2)C1. The Morgan fingerprint density at radius 1 is 1.22 bits per heavy atom. The third-order valence-corrected chi connectivity index (χ3v) is 5.02. The normalized spacial score (nSPS) is 20.3. The van der Waals surface area contributed by atoms with E-state index in [1.54, 1.807) is 6.92 Å². The molecule has 1 unspecified atom stereocenters. The maximum Gasteiger partial charge on any atom is 0.308 e. The van der Waals surface area contributed by atoms with E-state index in [4.69, 9.17) is 16.3 Å². The maximum absolute atomic E-state index is 13.1. The number of carbonyl (C=O) groups is 2. The number of carboxylic acids is 1. The van der Waals surface area contributed by atoms with Crippen LogP contribution in [0.4, 0.5) is 4.39 Å². The Morgan fingerprint density at radius 2 is 1.93 bits per heavy atom. The molecule has 1 heterocycles. The molecular weight excluding hydrogens is 373 g/mol. The molecule has 0 bridgehead atoms. The minimum Gasteiger partial charge on any atom is -0.481 e. The monoisotopic (exact) mass is 391 g/mol. The van der Waals surface area contributed by atoms with Gasteiger partial charge in [0.2, 0.25) is 0 Å². The van der Waals surface area contributed by atoms with Gasteiger partial charge in [0.1, 0.15) is 11.6 Å². The van der Waals surface area contributed by atoms with Crippen LogP contribution in [-0.2, 0) is 9.59 Å². The van der Waals surface area contributed by atoms with Crippen LogP contribution in [0, 0.1) is 11.7 Å². The van der Waals surface area contributed by atoms with Gasteiger partial charge in [0.25, 0.3) is 5.91 Å². The number of carbonyl (C=O) groups excluding carboxylic acids is 1. The molecule has 2 aromatic rings. The topological polar surface area (TPSA) is 66.8 Å². The zero-order valence-electron chi connectivity index (χ0n) is 14.6. The summed E-state index contributed by atoms with van der Waals surface area (Å²) in [6.45, 7) is 1.97. The zero-order valence-corrected chi connectivity index (χ0v) is 15.4. The molecule has 2 aromatic carbocycles. The standard InChI is InChI=1S/C20H19ClFNO4/c1-12(27-18-8-7-14(22)9-17(18)21)19(24)23-10-15(16(11-23)20(25)26)13-5-3-2-4-6-13/h2-9,12,15-16H,10-11H2,1H3,(H,25,26)/t12?,15-,16-/m0/s1. The van der Waals surface area contributed by atoms with E-state index in [1.807, 2.05) is 30.3 Å². The van der Waals surface area contributed by atoms with Crippen molar-refractivity contribution in [3.05, 3.63) is 64.9 Å². The average molecular weight is 392 g/mol. The molecule has 0 saturated carbocycles. The molecule has 1 saturated heterocycles. The minimum absolute atomic E-state index is 0.0710.